The van der Waals surface area contributed by atoms with Crippen LogP contribution in [0, 0.1) is 5.38 Å². The van der Waals surface area contributed by atoms with E-state index in [1.165, 1.54) is 11.3 Å². The standard InChI is InChI=1S/C8H9O2S/c1-6(2)10-8(9)7-3-4-11-5-7/h3,5-6H,1-2H3. The highest BCUT2D eigenvalue weighted by Gasteiger charge is 2.08. The lowest BCUT2D eigenvalue weighted by Gasteiger charge is -2.05. The first kappa shape index (κ1) is 8.27. The molecule has 0 saturated carbocycles. The Labute approximate surface area is 69.8 Å². The third kappa shape index (κ3) is 2.35. The molecule has 0 unspecified atom stereocenters. The van der Waals surface area contributed by atoms with Crippen LogP contribution in [0.1, 0.15) is 24.2 Å². The van der Waals surface area contributed by atoms with Gasteiger partial charge in [-0.05, 0) is 19.9 Å². The fourth-order valence-electron chi connectivity index (χ4n) is 0.618. The summed E-state index contributed by atoms with van der Waals surface area (Å²) in [4.78, 5) is 11.1. The highest BCUT2D eigenvalue weighted by Crippen LogP contribution is 2.07. The minimum atomic E-state index is -0.266. The smallest absolute Gasteiger partial charge is 0.339 e. The molecule has 0 aliphatic heterocycles. The Morgan fingerprint density at radius 3 is 2.91 bits per heavy atom. The van der Waals surface area contributed by atoms with Gasteiger partial charge in [-0.3, -0.25) is 0 Å². The summed E-state index contributed by atoms with van der Waals surface area (Å²) in [7, 11) is 0. The summed E-state index contributed by atoms with van der Waals surface area (Å²) in [6, 6.07) is 1.63. The van der Waals surface area contributed by atoms with Gasteiger partial charge in [0.05, 0.1) is 11.7 Å². The van der Waals surface area contributed by atoms with Crippen LogP contribution in [0.15, 0.2) is 11.4 Å². The van der Waals surface area contributed by atoms with E-state index in [4.69, 9.17) is 4.74 Å². The van der Waals surface area contributed by atoms with Crippen LogP contribution in [-0.4, -0.2) is 12.1 Å². The van der Waals surface area contributed by atoms with Crippen molar-refractivity contribution in [1.82, 2.24) is 0 Å². The van der Waals surface area contributed by atoms with Gasteiger partial charge in [0.15, 0.2) is 0 Å². The number of carbonyl (C=O) groups excluding carboxylic acids is 1. The molecule has 0 aliphatic rings. The number of rotatable bonds is 2. The normalized spacial score (nSPS) is 10.1. The van der Waals surface area contributed by atoms with E-state index in [9.17, 15) is 4.79 Å². The number of thiophene rings is 1. The van der Waals surface area contributed by atoms with Crippen LogP contribution in [0.5, 0.6) is 0 Å². The highest BCUT2D eigenvalue weighted by atomic mass is 32.1. The molecule has 0 fully saturated rings. The van der Waals surface area contributed by atoms with E-state index >= 15 is 0 Å². The molecule has 1 radical (unpaired) electrons. The second-order valence-corrected chi connectivity index (χ2v) is 3.11. The first-order valence-electron chi connectivity index (χ1n) is 3.35. The lowest BCUT2D eigenvalue weighted by molar-refractivity contribution is 0.0378. The van der Waals surface area contributed by atoms with Gasteiger partial charge in [-0.1, -0.05) is 0 Å². The maximum Gasteiger partial charge on any atom is 0.339 e. The average Bonchev–Trinajstić information content (AvgIpc) is 2.35. The van der Waals surface area contributed by atoms with E-state index in [0.29, 0.717) is 5.56 Å². The topological polar surface area (TPSA) is 26.3 Å². The predicted octanol–water partition coefficient (Wildman–Crippen LogP) is 2.11. The van der Waals surface area contributed by atoms with Crippen LogP contribution in [-0.2, 0) is 4.74 Å². The summed E-state index contributed by atoms with van der Waals surface area (Å²) in [6.07, 6.45) is -0.0533. The Hall–Kier alpha value is -0.830. The van der Waals surface area contributed by atoms with Crippen molar-refractivity contribution in [2.24, 2.45) is 0 Å². The SMILES string of the molecule is CC(C)OC(=O)c1c[c]sc1. The van der Waals surface area contributed by atoms with Crippen molar-refractivity contribution in [3.8, 4) is 0 Å². The molecule has 1 aromatic heterocycles. The molecule has 2 nitrogen and oxygen atoms in total. The number of carbonyl (C=O) groups is 1. The highest BCUT2D eigenvalue weighted by molar-refractivity contribution is 7.07. The Kier molecular flexibility index (Phi) is 2.65. The monoisotopic (exact) mass is 169 g/mol. The fraction of sp³-hybridized carbons (Fsp3) is 0.375. The summed E-state index contributed by atoms with van der Waals surface area (Å²) in [6.45, 7) is 3.65. The zero-order chi connectivity index (χ0) is 8.27. The van der Waals surface area contributed by atoms with Gasteiger partial charge in [-0.15, -0.1) is 11.3 Å². The van der Waals surface area contributed by atoms with Gasteiger partial charge in [0.1, 0.15) is 0 Å². The zero-order valence-corrected chi connectivity index (χ0v) is 7.27. The molecule has 1 aromatic rings. The minimum Gasteiger partial charge on any atom is -0.459 e. The predicted molar refractivity (Wildman–Crippen MR) is 43.7 cm³/mol. The third-order valence-corrected chi connectivity index (χ3v) is 1.67. The van der Waals surface area contributed by atoms with Crippen LogP contribution in [0.3, 0.4) is 0 Å². The summed E-state index contributed by atoms with van der Waals surface area (Å²) < 4.78 is 4.94. The lowest BCUT2D eigenvalue weighted by Crippen LogP contribution is -2.10. The number of hydrogen-bond donors (Lipinski definition) is 0. The van der Waals surface area contributed by atoms with Gasteiger partial charge in [0.25, 0.3) is 0 Å². The Morgan fingerprint density at radius 1 is 1.73 bits per heavy atom. The molecule has 0 aromatic carbocycles. The molecule has 11 heavy (non-hydrogen) atoms. The van der Waals surface area contributed by atoms with Gasteiger partial charge in [-0.25, -0.2) is 4.79 Å². The van der Waals surface area contributed by atoms with Crippen molar-refractivity contribution in [3.63, 3.8) is 0 Å². The first-order chi connectivity index (χ1) is 5.20. The molecule has 1 rings (SSSR count). The second kappa shape index (κ2) is 3.53. The van der Waals surface area contributed by atoms with Crippen molar-refractivity contribution in [1.29, 1.82) is 0 Å². The van der Waals surface area contributed by atoms with Crippen LogP contribution in [0.25, 0.3) is 0 Å². The Morgan fingerprint density at radius 2 is 2.45 bits per heavy atom. The van der Waals surface area contributed by atoms with E-state index in [2.05, 4.69) is 5.38 Å². The molecule has 0 atom stereocenters. The average molecular weight is 169 g/mol. The van der Waals surface area contributed by atoms with E-state index in [0.717, 1.165) is 0 Å². The number of esters is 1. The van der Waals surface area contributed by atoms with Gasteiger partial charge >= 0.3 is 5.97 Å². The van der Waals surface area contributed by atoms with E-state index in [-0.39, 0.29) is 12.1 Å². The molecule has 0 N–H and O–H groups in total. The van der Waals surface area contributed by atoms with E-state index in [1.807, 2.05) is 13.8 Å². The molecular formula is C8H9O2S. The number of hydrogen-bond acceptors (Lipinski definition) is 3. The van der Waals surface area contributed by atoms with Crippen LogP contribution in [0.4, 0.5) is 0 Å². The van der Waals surface area contributed by atoms with Crippen molar-refractivity contribution >= 4 is 17.3 Å². The molecule has 0 bridgehead atoms. The Balaban J connectivity index is 2.57. The first-order valence-corrected chi connectivity index (χ1v) is 4.23. The van der Waals surface area contributed by atoms with Crippen molar-refractivity contribution < 1.29 is 9.53 Å². The fourth-order valence-corrected chi connectivity index (χ4v) is 1.17. The molecule has 0 aliphatic carbocycles. The quantitative estimate of drug-likeness (QED) is 0.634. The molecule has 1 heterocycles. The summed E-state index contributed by atoms with van der Waals surface area (Å²) >= 11 is 1.37. The molecule has 3 heteroatoms. The van der Waals surface area contributed by atoms with Gasteiger partial charge < -0.3 is 4.74 Å². The van der Waals surface area contributed by atoms with Crippen molar-refractivity contribution in [2.75, 3.05) is 0 Å². The van der Waals surface area contributed by atoms with Gasteiger partial charge in [0.2, 0.25) is 0 Å². The zero-order valence-electron chi connectivity index (χ0n) is 6.46. The van der Waals surface area contributed by atoms with Gasteiger partial charge in [0, 0.05) is 10.8 Å². The number of ether oxygens (including phenoxy) is 1. The second-order valence-electron chi connectivity index (χ2n) is 2.41. The van der Waals surface area contributed by atoms with Crippen molar-refractivity contribution in [3.05, 3.63) is 22.4 Å². The van der Waals surface area contributed by atoms with E-state index < -0.39 is 0 Å². The molecular weight excluding hydrogens is 160 g/mol. The van der Waals surface area contributed by atoms with Crippen LogP contribution >= 0.6 is 11.3 Å². The molecule has 0 spiro atoms. The molecule has 0 amide bonds. The van der Waals surface area contributed by atoms with Gasteiger partial charge in [-0.2, -0.15) is 0 Å². The summed E-state index contributed by atoms with van der Waals surface area (Å²) in [5.74, 6) is -0.266. The third-order valence-electron chi connectivity index (χ3n) is 1.05. The largest absolute Gasteiger partial charge is 0.459 e. The maximum atomic E-state index is 11.1. The lowest BCUT2D eigenvalue weighted by atomic mass is 10.3. The summed E-state index contributed by atoms with van der Waals surface area (Å²) in [5, 5.41) is 4.55. The summed E-state index contributed by atoms with van der Waals surface area (Å²) in [5.41, 5.74) is 0.587. The molecule has 0 saturated heterocycles. The van der Waals surface area contributed by atoms with E-state index in [1.54, 1.807) is 11.4 Å². The van der Waals surface area contributed by atoms with Crippen LogP contribution < -0.4 is 0 Å². The maximum absolute atomic E-state index is 11.1. The minimum absolute atomic E-state index is 0.0533. The Bertz CT molecular complexity index is 226. The molecule has 59 valence electrons. The van der Waals surface area contributed by atoms with Crippen molar-refractivity contribution in [2.45, 2.75) is 20.0 Å². The van der Waals surface area contributed by atoms with Crippen LogP contribution in [0.2, 0.25) is 0 Å².